The Morgan fingerprint density at radius 2 is 1.96 bits per heavy atom. The molecule has 28 heavy (non-hydrogen) atoms. The van der Waals surface area contributed by atoms with Crippen molar-refractivity contribution >= 4 is 16.8 Å². The lowest BCUT2D eigenvalue weighted by molar-refractivity contribution is -0.129. The van der Waals surface area contributed by atoms with E-state index in [0.717, 1.165) is 35.4 Å². The second-order valence-electron chi connectivity index (χ2n) is 8.29. The van der Waals surface area contributed by atoms with Crippen LogP contribution in [-0.4, -0.2) is 37.9 Å². The summed E-state index contributed by atoms with van der Waals surface area (Å²) < 4.78 is 2.22. The van der Waals surface area contributed by atoms with Crippen LogP contribution >= 0.6 is 0 Å². The highest BCUT2D eigenvalue weighted by Gasteiger charge is 2.35. The van der Waals surface area contributed by atoms with E-state index in [2.05, 4.69) is 44.6 Å². The molecule has 1 aromatic carbocycles. The molecule has 2 aromatic heterocycles. The first-order valence-corrected chi connectivity index (χ1v) is 10.4. The smallest absolute Gasteiger partial charge is 0.223 e. The molecule has 144 valence electrons. The largest absolute Gasteiger partial charge is 0.339 e. The maximum absolute atomic E-state index is 12.6. The quantitative estimate of drug-likeness (QED) is 0.688. The van der Waals surface area contributed by atoms with Crippen LogP contribution in [0.25, 0.3) is 22.3 Å². The number of nitrogens with zero attached hydrogens (tertiary/aromatic N) is 4. The summed E-state index contributed by atoms with van der Waals surface area (Å²) in [5.74, 6) is 1.66. The summed E-state index contributed by atoms with van der Waals surface area (Å²) in [5, 5.41) is 1.13. The SMILES string of the molecule is Cc1ccc(-c2nccn2CC2CC(=O)N(C3CCCC3)C2)c2cccnc12. The van der Waals surface area contributed by atoms with Gasteiger partial charge in [-0.2, -0.15) is 0 Å². The van der Waals surface area contributed by atoms with Crippen LogP contribution in [0.3, 0.4) is 0 Å². The van der Waals surface area contributed by atoms with Crippen LogP contribution in [0.15, 0.2) is 42.9 Å². The number of aromatic nitrogens is 3. The number of hydrogen-bond acceptors (Lipinski definition) is 3. The highest BCUT2D eigenvalue weighted by Crippen LogP contribution is 2.32. The van der Waals surface area contributed by atoms with E-state index in [4.69, 9.17) is 0 Å². The summed E-state index contributed by atoms with van der Waals surface area (Å²) in [6, 6.07) is 8.83. The van der Waals surface area contributed by atoms with Crippen molar-refractivity contribution in [3.8, 4) is 11.4 Å². The number of rotatable bonds is 4. The third kappa shape index (κ3) is 2.99. The molecule has 3 aromatic rings. The molecule has 1 saturated carbocycles. The van der Waals surface area contributed by atoms with Gasteiger partial charge in [-0.3, -0.25) is 9.78 Å². The number of amides is 1. The minimum atomic E-state index is 0.337. The van der Waals surface area contributed by atoms with Gasteiger partial charge in [0.2, 0.25) is 5.91 Å². The Kier molecular flexibility index (Phi) is 4.38. The van der Waals surface area contributed by atoms with E-state index in [1.165, 1.54) is 31.2 Å². The van der Waals surface area contributed by atoms with Crippen LogP contribution in [0.2, 0.25) is 0 Å². The summed E-state index contributed by atoms with van der Waals surface area (Å²) in [6.45, 7) is 3.81. The zero-order valence-electron chi connectivity index (χ0n) is 16.3. The van der Waals surface area contributed by atoms with Gasteiger partial charge < -0.3 is 9.47 Å². The summed E-state index contributed by atoms with van der Waals surface area (Å²) >= 11 is 0. The normalized spacial score (nSPS) is 20.5. The van der Waals surface area contributed by atoms with Crippen LogP contribution in [0.4, 0.5) is 0 Å². The Morgan fingerprint density at radius 3 is 2.82 bits per heavy atom. The molecule has 0 bridgehead atoms. The van der Waals surface area contributed by atoms with Crippen molar-refractivity contribution in [2.75, 3.05) is 6.54 Å². The topological polar surface area (TPSA) is 51.0 Å². The lowest BCUT2D eigenvalue weighted by Gasteiger charge is -2.24. The fraction of sp³-hybridized carbons (Fsp3) is 0.435. The highest BCUT2D eigenvalue weighted by atomic mass is 16.2. The first kappa shape index (κ1) is 17.4. The van der Waals surface area contributed by atoms with Gasteiger partial charge >= 0.3 is 0 Å². The number of hydrogen-bond donors (Lipinski definition) is 0. The van der Waals surface area contributed by atoms with Gasteiger partial charge in [0.15, 0.2) is 0 Å². The molecular formula is C23H26N4O. The monoisotopic (exact) mass is 374 g/mol. The lowest BCUT2D eigenvalue weighted by atomic mass is 10.0. The van der Waals surface area contributed by atoms with Gasteiger partial charge in [-0.05, 0) is 31.4 Å². The molecule has 0 radical (unpaired) electrons. The maximum atomic E-state index is 12.6. The molecule has 1 amide bonds. The van der Waals surface area contributed by atoms with Crippen LogP contribution in [0, 0.1) is 12.8 Å². The zero-order chi connectivity index (χ0) is 19.1. The van der Waals surface area contributed by atoms with Gasteiger partial charge in [0, 0.05) is 61.0 Å². The number of fused-ring (bicyclic) bond motifs is 1. The number of imidazole rings is 1. The number of benzene rings is 1. The molecule has 5 heteroatoms. The molecule has 0 spiro atoms. The second kappa shape index (κ2) is 7.04. The van der Waals surface area contributed by atoms with Crippen molar-refractivity contribution < 1.29 is 4.79 Å². The number of aryl methyl sites for hydroxylation is 1. The molecule has 0 N–H and O–H groups in total. The summed E-state index contributed by atoms with van der Waals surface area (Å²) in [7, 11) is 0. The van der Waals surface area contributed by atoms with E-state index >= 15 is 0 Å². The Bertz CT molecular complexity index is 1020. The van der Waals surface area contributed by atoms with Crippen LogP contribution < -0.4 is 0 Å². The Labute approximate surface area is 165 Å². The third-order valence-electron chi connectivity index (χ3n) is 6.39. The summed E-state index contributed by atoms with van der Waals surface area (Å²) in [4.78, 5) is 23.9. The van der Waals surface area contributed by atoms with E-state index in [9.17, 15) is 4.79 Å². The van der Waals surface area contributed by atoms with Gasteiger partial charge in [0.25, 0.3) is 0 Å². The minimum absolute atomic E-state index is 0.337. The van der Waals surface area contributed by atoms with Gasteiger partial charge in [-0.15, -0.1) is 0 Å². The van der Waals surface area contributed by atoms with E-state index in [1.54, 1.807) is 0 Å². The predicted molar refractivity (Wildman–Crippen MR) is 110 cm³/mol. The molecule has 2 aliphatic rings. The molecule has 2 fully saturated rings. The van der Waals surface area contributed by atoms with E-state index in [-0.39, 0.29) is 0 Å². The van der Waals surface area contributed by atoms with Crippen molar-refractivity contribution in [3.63, 3.8) is 0 Å². The van der Waals surface area contributed by atoms with Crippen molar-refractivity contribution in [1.82, 2.24) is 19.4 Å². The van der Waals surface area contributed by atoms with E-state index < -0.39 is 0 Å². The van der Waals surface area contributed by atoms with Gasteiger partial charge in [0.1, 0.15) is 5.82 Å². The zero-order valence-corrected chi connectivity index (χ0v) is 16.3. The first-order chi connectivity index (χ1) is 13.7. The summed E-state index contributed by atoms with van der Waals surface area (Å²) in [5.41, 5.74) is 3.31. The Hall–Kier alpha value is -2.69. The molecule has 1 aliphatic carbocycles. The minimum Gasteiger partial charge on any atom is -0.339 e. The molecule has 1 aliphatic heterocycles. The predicted octanol–water partition coefficient (Wildman–Crippen LogP) is 4.20. The molecule has 5 rings (SSSR count). The third-order valence-corrected chi connectivity index (χ3v) is 6.39. The average molecular weight is 374 g/mol. The molecule has 1 atom stereocenters. The summed E-state index contributed by atoms with van der Waals surface area (Å²) in [6.07, 6.45) is 11.3. The van der Waals surface area contributed by atoms with Crippen molar-refractivity contribution in [3.05, 3.63) is 48.4 Å². The van der Waals surface area contributed by atoms with Gasteiger partial charge in [0.05, 0.1) is 5.52 Å². The first-order valence-electron chi connectivity index (χ1n) is 10.4. The second-order valence-corrected chi connectivity index (χ2v) is 8.29. The molecule has 3 heterocycles. The van der Waals surface area contributed by atoms with Gasteiger partial charge in [-0.1, -0.05) is 31.0 Å². The van der Waals surface area contributed by atoms with Crippen molar-refractivity contribution in [1.29, 1.82) is 0 Å². The van der Waals surface area contributed by atoms with Crippen molar-refractivity contribution in [2.24, 2.45) is 5.92 Å². The Balaban J connectivity index is 1.42. The number of carbonyl (C=O) groups is 1. The Morgan fingerprint density at radius 1 is 1.11 bits per heavy atom. The molecule has 1 saturated heterocycles. The highest BCUT2D eigenvalue weighted by molar-refractivity contribution is 5.94. The van der Waals surface area contributed by atoms with Crippen LogP contribution in [-0.2, 0) is 11.3 Å². The number of carbonyl (C=O) groups excluding carboxylic acids is 1. The average Bonchev–Trinajstić information content (AvgIpc) is 3.44. The number of pyridine rings is 1. The fourth-order valence-corrected chi connectivity index (χ4v) is 4.99. The van der Waals surface area contributed by atoms with E-state index in [1.807, 2.05) is 24.7 Å². The fourth-order valence-electron chi connectivity index (χ4n) is 4.99. The molecule has 5 nitrogen and oxygen atoms in total. The molecular weight excluding hydrogens is 348 g/mol. The van der Waals surface area contributed by atoms with E-state index in [0.29, 0.717) is 24.3 Å². The maximum Gasteiger partial charge on any atom is 0.223 e. The van der Waals surface area contributed by atoms with Gasteiger partial charge in [-0.25, -0.2) is 4.98 Å². The number of likely N-dealkylation sites (tertiary alicyclic amines) is 1. The lowest BCUT2D eigenvalue weighted by Crippen LogP contribution is -2.34. The van der Waals surface area contributed by atoms with Crippen LogP contribution in [0.1, 0.15) is 37.7 Å². The van der Waals surface area contributed by atoms with Crippen LogP contribution in [0.5, 0.6) is 0 Å². The molecule has 1 unspecified atom stereocenters. The standard InChI is InChI=1S/C23H26N4O/c1-16-8-9-20(19-7-4-10-24-22(16)19)23-25-11-12-26(23)14-17-13-21(28)27(15-17)18-5-2-3-6-18/h4,7-12,17-18H,2-3,5-6,13-15H2,1H3. The van der Waals surface area contributed by atoms with Crippen molar-refractivity contribution in [2.45, 2.75) is 51.6 Å².